The Hall–Kier alpha value is -3.21. The average Bonchev–Trinajstić information content (AvgIpc) is 3.06. The Kier molecular flexibility index (Phi) is 3.50. The first-order valence-corrected chi connectivity index (χ1v) is 8.13. The van der Waals surface area contributed by atoms with Crippen molar-refractivity contribution in [1.82, 2.24) is 14.7 Å². The molecule has 0 saturated heterocycles. The van der Waals surface area contributed by atoms with E-state index in [0.717, 1.165) is 22.6 Å². The summed E-state index contributed by atoms with van der Waals surface area (Å²) in [5.41, 5.74) is 4.55. The van der Waals surface area contributed by atoms with Crippen LogP contribution in [0, 0.1) is 13.8 Å². The zero-order chi connectivity index (χ0) is 17.6. The number of nitrogens with zero attached hydrogens (tertiary/aromatic N) is 3. The fraction of sp³-hybridized carbons (Fsp3) is 0.150. The first-order valence-electron chi connectivity index (χ1n) is 8.13. The summed E-state index contributed by atoms with van der Waals surface area (Å²) in [5, 5.41) is 4.59. The zero-order valence-corrected chi connectivity index (χ0v) is 14.1. The highest BCUT2D eigenvalue weighted by Crippen LogP contribution is 2.26. The van der Waals surface area contributed by atoms with Crippen LogP contribution in [0.2, 0.25) is 0 Å². The predicted octanol–water partition coefficient (Wildman–Crippen LogP) is 3.29. The minimum absolute atomic E-state index is 0.233. The van der Waals surface area contributed by atoms with Crippen LogP contribution in [0.15, 0.2) is 54.6 Å². The summed E-state index contributed by atoms with van der Waals surface area (Å²) in [5.74, 6) is -0.487. The minimum Gasteiger partial charge on any atom is -0.270 e. The number of carbonyl (C=O) groups is 2. The summed E-state index contributed by atoms with van der Waals surface area (Å²) in [4.78, 5) is 26.5. The largest absolute Gasteiger partial charge is 0.270 e. The van der Waals surface area contributed by atoms with E-state index in [2.05, 4.69) is 5.10 Å². The fourth-order valence-electron chi connectivity index (χ4n) is 3.27. The van der Waals surface area contributed by atoms with Gasteiger partial charge in [0, 0.05) is 11.3 Å². The molecule has 1 aromatic heterocycles. The molecule has 2 heterocycles. The van der Waals surface area contributed by atoms with Gasteiger partial charge in [-0.2, -0.15) is 5.10 Å². The van der Waals surface area contributed by atoms with E-state index in [9.17, 15) is 9.59 Å². The lowest BCUT2D eigenvalue weighted by Gasteiger charge is -2.14. The molecular formula is C20H17N3O2. The number of rotatable bonds is 3. The van der Waals surface area contributed by atoms with Gasteiger partial charge in [-0.05, 0) is 38.1 Å². The molecule has 0 aliphatic carbocycles. The van der Waals surface area contributed by atoms with Gasteiger partial charge in [0.2, 0.25) is 0 Å². The molecule has 1 aliphatic heterocycles. The number of para-hydroxylation sites is 1. The van der Waals surface area contributed by atoms with Crippen molar-refractivity contribution in [2.75, 3.05) is 0 Å². The van der Waals surface area contributed by atoms with Crippen molar-refractivity contribution in [3.05, 3.63) is 82.7 Å². The number of fused-ring (bicyclic) bond motifs is 1. The molecule has 124 valence electrons. The highest BCUT2D eigenvalue weighted by molar-refractivity contribution is 6.21. The maximum absolute atomic E-state index is 12.6. The van der Waals surface area contributed by atoms with Crippen LogP contribution in [0.5, 0.6) is 0 Å². The first-order chi connectivity index (χ1) is 12.1. The average molecular weight is 331 g/mol. The molecule has 2 amide bonds. The summed E-state index contributed by atoms with van der Waals surface area (Å²) in [7, 11) is 0. The standard InChI is InChI=1S/C20H17N3O2/c1-13-18(14(2)23(21-13)15-8-4-3-5-9-15)12-22-19(24)16-10-6-7-11-17(16)20(22)25/h3-11H,12H2,1-2H3. The van der Waals surface area contributed by atoms with Crippen molar-refractivity contribution in [3.8, 4) is 5.69 Å². The number of carbonyl (C=O) groups excluding carboxylic acids is 2. The minimum atomic E-state index is -0.244. The predicted molar refractivity (Wildman–Crippen MR) is 93.7 cm³/mol. The lowest BCUT2D eigenvalue weighted by Crippen LogP contribution is -2.29. The number of hydrogen-bond donors (Lipinski definition) is 0. The van der Waals surface area contributed by atoms with Crippen LogP contribution < -0.4 is 0 Å². The van der Waals surface area contributed by atoms with Crippen LogP contribution in [0.1, 0.15) is 37.7 Å². The Bertz CT molecular complexity index is 954. The van der Waals surface area contributed by atoms with Gasteiger partial charge in [-0.15, -0.1) is 0 Å². The molecule has 2 aromatic carbocycles. The van der Waals surface area contributed by atoms with Crippen LogP contribution in [0.3, 0.4) is 0 Å². The molecule has 0 radical (unpaired) electrons. The molecule has 4 rings (SSSR count). The van der Waals surface area contributed by atoms with E-state index >= 15 is 0 Å². The van der Waals surface area contributed by atoms with Gasteiger partial charge >= 0.3 is 0 Å². The van der Waals surface area contributed by atoms with Gasteiger partial charge in [0.15, 0.2) is 0 Å². The van der Waals surface area contributed by atoms with Crippen LogP contribution in [0.4, 0.5) is 0 Å². The molecule has 5 heteroatoms. The maximum Gasteiger partial charge on any atom is 0.261 e. The van der Waals surface area contributed by atoms with Crippen molar-refractivity contribution in [1.29, 1.82) is 0 Å². The second kappa shape index (κ2) is 5.70. The van der Waals surface area contributed by atoms with Gasteiger partial charge < -0.3 is 0 Å². The topological polar surface area (TPSA) is 55.2 Å². The van der Waals surface area contributed by atoms with Gasteiger partial charge in [-0.1, -0.05) is 30.3 Å². The Labute approximate surface area is 145 Å². The molecule has 0 N–H and O–H groups in total. The van der Waals surface area contributed by atoms with E-state index in [1.54, 1.807) is 24.3 Å². The Balaban J connectivity index is 1.70. The molecule has 0 spiro atoms. The quantitative estimate of drug-likeness (QED) is 0.692. The second-order valence-electron chi connectivity index (χ2n) is 6.14. The van der Waals surface area contributed by atoms with Gasteiger partial charge in [0.1, 0.15) is 0 Å². The third-order valence-electron chi connectivity index (χ3n) is 4.64. The van der Waals surface area contributed by atoms with E-state index in [4.69, 9.17) is 0 Å². The number of hydrogen-bond acceptors (Lipinski definition) is 3. The first kappa shape index (κ1) is 15.3. The monoisotopic (exact) mass is 331 g/mol. The van der Waals surface area contributed by atoms with Crippen LogP contribution in [-0.4, -0.2) is 26.5 Å². The Morgan fingerprint density at radius 2 is 1.40 bits per heavy atom. The van der Waals surface area contributed by atoms with Gasteiger partial charge in [0.25, 0.3) is 11.8 Å². The van der Waals surface area contributed by atoms with Crippen LogP contribution in [-0.2, 0) is 6.54 Å². The summed E-state index contributed by atoms with van der Waals surface area (Å²) < 4.78 is 1.85. The fourth-order valence-corrected chi connectivity index (χ4v) is 3.27. The van der Waals surface area contributed by atoms with Crippen molar-refractivity contribution in [3.63, 3.8) is 0 Å². The van der Waals surface area contributed by atoms with E-state index < -0.39 is 0 Å². The summed E-state index contributed by atoms with van der Waals surface area (Å²) in [6.45, 7) is 4.09. The summed E-state index contributed by atoms with van der Waals surface area (Å²) in [6.07, 6.45) is 0. The van der Waals surface area contributed by atoms with Gasteiger partial charge in [-0.25, -0.2) is 4.68 Å². The molecule has 0 unspecified atom stereocenters. The maximum atomic E-state index is 12.6. The summed E-state index contributed by atoms with van der Waals surface area (Å²) >= 11 is 0. The molecule has 1 aliphatic rings. The molecule has 5 nitrogen and oxygen atoms in total. The number of imide groups is 1. The lowest BCUT2D eigenvalue weighted by atomic mass is 10.1. The highest BCUT2D eigenvalue weighted by Gasteiger charge is 2.36. The van der Waals surface area contributed by atoms with Crippen molar-refractivity contribution < 1.29 is 9.59 Å². The van der Waals surface area contributed by atoms with Gasteiger partial charge in [-0.3, -0.25) is 14.5 Å². The highest BCUT2D eigenvalue weighted by atomic mass is 16.2. The van der Waals surface area contributed by atoms with Crippen molar-refractivity contribution >= 4 is 11.8 Å². The van der Waals surface area contributed by atoms with E-state index in [0.29, 0.717) is 11.1 Å². The molecule has 0 saturated carbocycles. The molecule has 0 bridgehead atoms. The molecular weight excluding hydrogens is 314 g/mol. The van der Waals surface area contributed by atoms with Crippen molar-refractivity contribution in [2.24, 2.45) is 0 Å². The summed E-state index contributed by atoms with van der Waals surface area (Å²) in [6, 6.07) is 16.8. The SMILES string of the molecule is Cc1nn(-c2ccccc2)c(C)c1CN1C(=O)c2ccccc2C1=O. The normalized spacial score (nSPS) is 13.4. The zero-order valence-electron chi connectivity index (χ0n) is 14.1. The van der Waals surface area contributed by atoms with Crippen molar-refractivity contribution in [2.45, 2.75) is 20.4 Å². The number of aryl methyl sites for hydroxylation is 1. The number of amides is 2. The number of benzene rings is 2. The van der Waals surface area contributed by atoms with E-state index in [1.165, 1.54) is 4.90 Å². The molecule has 3 aromatic rings. The second-order valence-corrected chi connectivity index (χ2v) is 6.14. The number of aromatic nitrogens is 2. The van der Waals surface area contributed by atoms with Crippen LogP contribution in [0.25, 0.3) is 5.69 Å². The van der Waals surface area contributed by atoms with Crippen LogP contribution >= 0.6 is 0 Å². The molecule has 0 fully saturated rings. The third kappa shape index (κ3) is 2.36. The smallest absolute Gasteiger partial charge is 0.261 e. The Morgan fingerprint density at radius 3 is 2.00 bits per heavy atom. The van der Waals surface area contributed by atoms with E-state index in [-0.39, 0.29) is 18.4 Å². The lowest BCUT2D eigenvalue weighted by molar-refractivity contribution is 0.0642. The van der Waals surface area contributed by atoms with Gasteiger partial charge in [0.05, 0.1) is 29.1 Å². The molecule has 25 heavy (non-hydrogen) atoms. The third-order valence-corrected chi connectivity index (χ3v) is 4.64. The Morgan fingerprint density at radius 1 is 0.840 bits per heavy atom. The van der Waals surface area contributed by atoms with E-state index in [1.807, 2.05) is 48.9 Å². The molecule has 0 atom stereocenters.